The molecule has 2 rings (SSSR count). The molecule has 4 heteroatoms. The van der Waals surface area contributed by atoms with Gasteiger partial charge in [-0.05, 0) is 57.3 Å². The standard InChI is InChI=1S/C22H35FN2O/c1-7-9-17(10-8-15-23)19-20(26)25(16(2)3)22(24-19)13-11-18(12-14-22)21(4,5)6/h8-10,16,18H,7,11-15H2,1-6H3/b10-8-,17-9+. The van der Waals surface area contributed by atoms with Gasteiger partial charge in [-0.2, -0.15) is 0 Å². The summed E-state index contributed by atoms with van der Waals surface area (Å²) in [5.74, 6) is 0.658. The Kier molecular flexibility index (Phi) is 6.46. The lowest BCUT2D eigenvalue weighted by molar-refractivity contribution is -0.132. The highest BCUT2D eigenvalue weighted by Gasteiger charge is 2.50. The van der Waals surface area contributed by atoms with Crippen molar-refractivity contribution in [1.82, 2.24) is 4.90 Å². The van der Waals surface area contributed by atoms with Crippen molar-refractivity contribution in [3.63, 3.8) is 0 Å². The number of nitrogens with zero attached hydrogens (tertiary/aromatic N) is 2. The van der Waals surface area contributed by atoms with Crippen LogP contribution in [0, 0.1) is 11.3 Å². The Morgan fingerprint density at radius 2 is 1.96 bits per heavy atom. The summed E-state index contributed by atoms with van der Waals surface area (Å²) in [7, 11) is 0. The lowest BCUT2D eigenvalue weighted by atomic mass is 9.69. The van der Waals surface area contributed by atoms with Crippen LogP contribution < -0.4 is 0 Å². The molecule has 1 fully saturated rings. The third kappa shape index (κ3) is 4.10. The number of alkyl halides is 1. The first-order valence-electron chi connectivity index (χ1n) is 10.0. The fourth-order valence-electron chi connectivity index (χ4n) is 4.45. The summed E-state index contributed by atoms with van der Waals surface area (Å²) >= 11 is 0. The van der Waals surface area contributed by atoms with E-state index < -0.39 is 12.3 Å². The van der Waals surface area contributed by atoms with Gasteiger partial charge in [0, 0.05) is 11.6 Å². The van der Waals surface area contributed by atoms with E-state index in [9.17, 15) is 9.18 Å². The van der Waals surface area contributed by atoms with Crippen molar-refractivity contribution >= 4 is 11.6 Å². The molecule has 0 N–H and O–H groups in total. The molecule has 3 nitrogen and oxygen atoms in total. The van der Waals surface area contributed by atoms with Crippen LogP contribution in [0.4, 0.5) is 4.39 Å². The summed E-state index contributed by atoms with van der Waals surface area (Å²) in [6.07, 6.45) is 9.92. The molecule has 0 bridgehead atoms. The maximum Gasteiger partial charge on any atom is 0.274 e. The van der Waals surface area contributed by atoms with E-state index in [1.807, 2.05) is 17.9 Å². The molecule has 0 aromatic heterocycles. The minimum Gasteiger partial charge on any atom is -0.310 e. The maximum atomic E-state index is 13.2. The Hall–Kier alpha value is -1.45. The van der Waals surface area contributed by atoms with Gasteiger partial charge in [-0.1, -0.05) is 45.9 Å². The van der Waals surface area contributed by atoms with Crippen molar-refractivity contribution < 1.29 is 9.18 Å². The SMILES string of the molecule is CC/C=C(\C=C/CF)C1=NC2(CCC(C(C)(C)C)CC2)N(C(C)C)C1=O. The van der Waals surface area contributed by atoms with E-state index in [1.165, 1.54) is 6.08 Å². The first kappa shape index (κ1) is 20.9. The van der Waals surface area contributed by atoms with E-state index in [1.54, 1.807) is 6.08 Å². The van der Waals surface area contributed by atoms with Crippen molar-refractivity contribution in [2.24, 2.45) is 16.3 Å². The number of hydrogen-bond acceptors (Lipinski definition) is 2. The summed E-state index contributed by atoms with van der Waals surface area (Å²) in [5, 5.41) is 0. The number of halogens is 1. The molecular formula is C22H35FN2O. The van der Waals surface area contributed by atoms with Gasteiger partial charge in [0.15, 0.2) is 0 Å². The van der Waals surface area contributed by atoms with Crippen LogP contribution in [0.15, 0.2) is 28.8 Å². The predicted octanol–water partition coefficient (Wildman–Crippen LogP) is 5.47. The fraction of sp³-hybridized carbons (Fsp3) is 0.727. The monoisotopic (exact) mass is 362 g/mol. The molecule has 146 valence electrons. The van der Waals surface area contributed by atoms with Crippen molar-refractivity contribution in [2.75, 3.05) is 6.67 Å². The van der Waals surface area contributed by atoms with Crippen molar-refractivity contribution in [2.45, 2.75) is 85.4 Å². The molecular weight excluding hydrogens is 327 g/mol. The number of aliphatic imine (C=N–C) groups is 1. The van der Waals surface area contributed by atoms with Crippen LogP contribution in [0.5, 0.6) is 0 Å². The number of carbonyl (C=O) groups is 1. The van der Waals surface area contributed by atoms with E-state index in [2.05, 4.69) is 34.6 Å². The molecule has 1 spiro atoms. The van der Waals surface area contributed by atoms with Crippen molar-refractivity contribution in [3.05, 3.63) is 23.8 Å². The summed E-state index contributed by atoms with van der Waals surface area (Å²) in [6, 6.07) is 0.1000. The smallest absolute Gasteiger partial charge is 0.274 e. The van der Waals surface area contributed by atoms with Gasteiger partial charge in [-0.15, -0.1) is 0 Å². The van der Waals surface area contributed by atoms with E-state index in [-0.39, 0.29) is 17.4 Å². The molecule has 1 saturated carbocycles. The van der Waals surface area contributed by atoms with Gasteiger partial charge in [0.1, 0.15) is 18.0 Å². The van der Waals surface area contributed by atoms with Crippen LogP contribution in [0.2, 0.25) is 0 Å². The molecule has 26 heavy (non-hydrogen) atoms. The Labute approximate surface area is 158 Å². The van der Waals surface area contributed by atoms with E-state index in [0.717, 1.165) is 37.7 Å². The number of rotatable bonds is 5. The van der Waals surface area contributed by atoms with Crippen LogP contribution in [0.3, 0.4) is 0 Å². The molecule has 0 saturated heterocycles. The van der Waals surface area contributed by atoms with E-state index in [4.69, 9.17) is 4.99 Å². The first-order chi connectivity index (χ1) is 12.2. The third-order valence-electron chi connectivity index (χ3n) is 5.80. The molecule has 0 unspecified atom stereocenters. The van der Waals surface area contributed by atoms with Gasteiger partial charge in [0.25, 0.3) is 5.91 Å². The molecule has 1 heterocycles. The normalized spacial score (nSPS) is 27.9. The van der Waals surface area contributed by atoms with Gasteiger partial charge < -0.3 is 4.90 Å². The summed E-state index contributed by atoms with van der Waals surface area (Å²) in [4.78, 5) is 20.2. The van der Waals surface area contributed by atoms with Crippen molar-refractivity contribution in [1.29, 1.82) is 0 Å². The lowest BCUT2D eigenvalue weighted by Gasteiger charge is -2.46. The minimum atomic E-state index is -0.533. The van der Waals surface area contributed by atoms with E-state index >= 15 is 0 Å². The largest absolute Gasteiger partial charge is 0.310 e. The number of amides is 1. The minimum absolute atomic E-state index is 0.00239. The quantitative estimate of drug-likeness (QED) is 0.597. The molecule has 1 amide bonds. The van der Waals surface area contributed by atoms with E-state index in [0.29, 0.717) is 11.6 Å². The molecule has 0 radical (unpaired) electrons. The molecule has 0 aromatic rings. The lowest BCUT2D eigenvalue weighted by Crippen LogP contribution is -2.52. The number of hydrogen-bond donors (Lipinski definition) is 0. The molecule has 0 atom stereocenters. The highest BCUT2D eigenvalue weighted by atomic mass is 19.1. The molecule has 1 aliphatic heterocycles. The summed E-state index contributed by atoms with van der Waals surface area (Å²) in [6.45, 7) is 12.5. The second kappa shape index (κ2) is 8.06. The average molecular weight is 363 g/mol. The zero-order valence-corrected chi connectivity index (χ0v) is 17.3. The molecule has 1 aliphatic carbocycles. The second-order valence-corrected chi connectivity index (χ2v) is 8.98. The van der Waals surface area contributed by atoms with Gasteiger partial charge in [-0.25, -0.2) is 4.39 Å². The van der Waals surface area contributed by atoms with Crippen molar-refractivity contribution in [3.8, 4) is 0 Å². The number of allylic oxidation sites excluding steroid dienone is 3. The Balaban J connectivity index is 2.38. The highest BCUT2D eigenvalue weighted by Crippen LogP contribution is 2.47. The van der Waals surface area contributed by atoms with Gasteiger partial charge in [0.05, 0.1) is 0 Å². The van der Waals surface area contributed by atoms with Gasteiger partial charge in [-0.3, -0.25) is 9.79 Å². The Morgan fingerprint density at radius 3 is 2.42 bits per heavy atom. The number of carbonyl (C=O) groups excluding carboxylic acids is 1. The second-order valence-electron chi connectivity index (χ2n) is 8.98. The highest BCUT2D eigenvalue weighted by molar-refractivity contribution is 6.47. The van der Waals surface area contributed by atoms with Crippen LogP contribution in [-0.4, -0.2) is 34.9 Å². The average Bonchev–Trinajstić information content (AvgIpc) is 2.83. The van der Waals surface area contributed by atoms with Crippen LogP contribution in [-0.2, 0) is 4.79 Å². The summed E-state index contributed by atoms with van der Waals surface area (Å²) < 4.78 is 12.6. The fourth-order valence-corrected chi connectivity index (χ4v) is 4.45. The zero-order chi connectivity index (χ0) is 19.5. The predicted molar refractivity (Wildman–Crippen MR) is 107 cm³/mol. The van der Waals surface area contributed by atoms with Crippen LogP contribution in [0.1, 0.15) is 73.6 Å². The molecule has 2 aliphatic rings. The molecule has 0 aromatic carbocycles. The zero-order valence-electron chi connectivity index (χ0n) is 17.3. The maximum absolute atomic E-state index is 13.2. The first-order valence-corrected chi connectivity index (χ1v) is 10.0. The van der Waals surface area contributed by atoms with Gasteiger partial charge >= 0.3 is 0 Å². The topological polar surface area (TPSA) is 32.7 Å². The summed E-state index contributed by atoms with van der Waals surface area (Å²) in [5.41, 5.74) is 1.14. The Bertz CT molecular complexity index is 602. The Morgan fingerprint density at radius 1 is 1.35 bits per heavy atom. The third-order valence-corrected chi connectivity index (χ3v) is 5.80. The van der Waals surface area contributed by atoms with Gasteiger partial charge in [0.2, 0.25) is 0 Å². The van der Waals surface area contributed by atoms with Crippen LogP contribution in [0.25, 0.3) is 0 Å². The van der Waals surface area contributed by atoms with Crippen LogP contribution >= 0.6 is 0 Å².